The van der Waals surface area contributed by atoms with E-state index in [1.54, 1.807) is 29.1 Å². The second-order valence-corrected chi connectivity index (χ2v) is 8.48. The van der Waals surface area contributed by atoms with Crippen LogP contribution in [-0.2, 0) is 6.42 Å². The lowest BCUT2D eigenvalue weighted by Crippen LogP contribution is -2.39. The van der Waals surface area contributed by atoms with Crippen LogP contribution in [0.4, 0.5) is 11.6 Å². The fourth-order valence-electron chi connectivity index (χ4n) is 4.15. The Morgan fingerprint density at radius 2 is 1.87 bits per heavy atom. The first-order valence-corrected chi connectivity index (χ1v) is 10.5. The standard InChI is InChI=1S/C24H29N5O2/c1-3-24(2,11-8-15-4-5-16-6-7-20(25)28-18(16)14-15)21(30)23(31)29-13-10-17-19(29)9-12-27-22(17)26/h4-7,9-10,12-14,21,23,30-31H,3,8,11H2,1-2H3,(H2,25,28)(H2,26,27)/t21-,23+,24+/m0/s1. The SMILES string of the molecule is CC[C@](C)(CCc1ccc2ccc(N)nc2c1)[C@@H](O)[C@@H](O)n1ccc2c(N)nccc21. The number of aliphatic hydroxyl groups is 2. The van der Waals surface area contributed by atoms with E-state index in [0.717, 1.165) is 33.8 Å². The quantitative estimate of drug-likeness (QED) is 0.363. The van der Waals surface area contributed by atoms with E-state index in [4.69, 9.17) is 11.5 Å². The van der Waals surface area contributed by atoms with Crippen LogP contribution in [0.25, 0.3) is 21.8 Å². The van der Waals surface area contributed by atoms with Gasteiger partial charge in [0.2, 0.25) is 0 Å². The Kier molecular flexibility index (Phi) is 5.56. The van der Waals surface area contributed by atoms with Crippen molar-refractivity contribution in [2.45, 2.75) is 45.4 Å². The maximum atomic E-state index is 11.2. The monoisotopic (exact) mass is 419 g/mol. The summed E-state index contributed by atoms with van der Waals surface area (Å²) in [6.45, 7) is 4.05. The third-order valence-corrected chi connectivity index (χ3v) is 6.53. The van der Waals surface area contributed by atoms with Gasteiger partial charge in [-0.05, 0) is 60.6 Å². The first-order chi connectivity index (χ1) is 14.8. The average Bonchev–Trinajstić information content (AvgIpc) is 3.21. The van der Waals surface area contributed by atoms with Gasteiger partial charge in [-0.25, -0.2) is 9.97 Å². The van der Waals surface area contributed by atoms with Crippen molar-refractivity contribution in [2.75, 3.05) is 11.5 Å². The Morgan fingerprint density at radius 3 is 2.65 bits per heavy atom. The van der Waals surface area contributed by atoms with E-state index in [0.29, 0.717) is 24.5 Å². The van der Waals surface area contributed by atoms with E-state index in [2.05, 4.69) is 16.0 Å². The molecule has 0 radical (unpaired) electrons. The molecule has 0 spiro atoms. The molecule has 0 saturated heterocycles. The summed E-state index contributed by atoms with van der Waals surface area (Å²) in [4.78, 5) is 8.49. The summed E-state index contributed by atoms with van der Waals surface area (Å²) >= 11 is 0. The third-order valence-electron chi connectivity index (χ3n) is 6.53. The average molecular weight is 420 g/mol. The molecule has 0 aliphatic heterocycles. The Bertz CT molecular complexity index is 1220. The van der Waals surface area contributed by atoms with Crippen molar-refractivity contribution < 1.29 is 10.2 Å². The molecule has 0 aliphatic rings. The first-order valence-electron chi connectivity index (χ1n) is 10.5. The fraction of sp³-hybridized carbons (Fsp3) is 0.333. The molecular formula is C24H29N5O2. The molecule has 1 aromatic carbocycles. The smallest absolute Gasteiger partial charge is 0.157 e. The Morgan fingerprint density at radius 1 is 1.10 bits per heavy atom. The Balaban J connectivity index is 1.55. The van der Waals surface area contributed by atoms with Crippen LogP contribution >= 0.6 is 0 Å². The van der Waals surface area contributed by atoms with Crippen molar-refractivity contribution in [1.29, 1.82) is 0 Å². The number of rotatable bonds is 7. The number of nitrogens with zero attached hydrogens (tertiary/aromatic N) is 3. The molecule has 0 unspecified atom stereocenters. The molecule has 0 saturated carbocycles. The minimum atomic E-state index is -1.10. The van der Waals surface area contributed by atoms with Crippen LogP contribution in [0.15, 0.2) is 54.9 Å². The van der Waals surface area contributed by atoms with Crippen LogP contribution in [0.3, 0.4) is 0 Å². The molecule has 4 aromatic rings. The molecule has 6 N–H and O–H groups in total. The molecular weight excluding hydrogens is 390 g/mol. The van der Waals surface area contributed by atoms with Gasteiger partial charge in [-0.15, -0.1) is 0 Å². The van der Waals surface area contributed by atoms with Gasteiger partial charge in [0.05, 0.1) is 11.0 Å². The number of fused-ring (bicyclic) bond motifs is 2. The van der Waals surface area contributed by atoms with E-state index in [9.17, 15) is 10.2 Å². The largest absolute Gasteiger partial charge is 0.388 e. The van der Waals surface area contributed by atoms with E-state index < -0.39 is 17.7 Å². The van der Waals surface area contributed by atoms with Gasteiger partial charge in [-0.1, -0.05) is 26.0 Å². The fourth-order valence-corrected chi connectivity index (χ4v) is 4.15. The molecule has 0 aliphatic carbocycles. The molecule has 3 atom stereocenters. The zero-order chi connectivity index (χ0) is 22.2. The van der Waals surface area contributed by atoms with E-state index >= 15 is 0 Å². The van der Waals surface area contributed by atoms with Crippen LogP contribution in [0.5, 0.6) is 0 Å². The van der Waals surface area contributed by atoms with Crippen LogP contribution in [-0.4, -0.2) is 30.9 Å². The van der Waals surface area contributed by atoms with Crippen LogP contribution in [0.2, 0.25) is 0 Å². The van der Waals surface area contributed by atoms with Gasteiger partial charge in [0, 0.05) is 23.2 Å². The van der Waals surface area contributed by atoms with Crippen molar-refractivity contribution >= 4 is 33.4 Å². The number of nitrogens with two attached hydrogens (primary N) is 2. The second-order valence-electron chi connectivity index (χ2n) is 8.48. The van der Waals surface area contributed by atoms with Crippen molar-refractivity contribution in [1.82, 2.24) is 14.5 Å². The number of hydrogen-bond donors (Lipinski definition) is 4. The summed E-state index contributed by atoms with van der Waals surface area (Å²) in [5, 5.41) is 24.0. The lowest BCUT2D eigenvalue weighted by molar-refractivity contribution is -0.0960. The number of nitrogen functional groups attached to an aromatic ring is 2. The number of aryl methyl sites for hydroxylation is 1. The van der Waals surface area contributed by atoms with Gasteiger partial charge in [-0.3, -0.25) is 0 Å². The molecule has 0 fully saturated rings. The van der Waals surface area contributed by atoms with Crippen LogP contribution in [0, 0.1) is 5.41 Å². The minimum absolute atomic E-state index is 0.404. The molecule has 7 nitrogen and oxygen atoms in total. The highest BCUT2D eigenvalue weighted by molar-refractivity contribution is 5.89. The Hall–Kier alpha value is -3.16. The predicted octanol–water partition coefficient (Wildman–Crippen LogP) is 3.65. The Labute approximate surface area is 181 Å². The summed E-state index contributed by atoms with van der Waals surface area (Å²) < 4.78 is 1.66. The van der Waals surface area contributed by atoms with Gasteiger partial charge < -0.3 is 26.2 Å². The molecule has 3 aromatic heterocycles. The van der Waals surface area contributed by atoms with Crippen LogP contribution < -0.4 is 11.5 Å². The number of pyridine rings is 2. The van der Waals surface area contributed by atoms with E-state index in [1.165, 1.54) is 0 Å². The van der Waals surface area contributed by atoms with Gasteiger partial charge >= 0.3 is 0 Å². The van der Waals surface area contributed by atoms with E-state index in [-0.39, 0.29) is 0 Å². The minimum Gasteiger partial charge on any atom is -0.388 e. The molecule has 3 heterocycles. The van der Waals surface area contributed by atoms with Crippen LogP contribution in [0.1, 0.15) is 38.5 Å². The maximum absolute atomic E-state index is 11.2. The lowest BCUT2D eigenvalue weighted by Gasteiger charge is -2.37. The normalized spacial score (nSPS) is 15.7. The summed E-state index contributed by atoms with van der Waals surface area (Å²) in [7, 11) is 0. The lowest BCUT2D eigenvalue weighted by atomic mass is 9.76. The molecule has 0 bridgehead atoms. The van der Waals surface area contributed by atoms with E-state index in [1.807, 2.05) is 38.1 Å². The summed E-state index contributed by atoms with van der Waals surface area (Å²) in [6, 6.07) is 13.5. The first kappa shape index (κ1) is 21.1. The highest BCUT2D eigenvalue weighted by Gasteiger charge is 2.37. The zero-order valence-corrected chi connectivity index (χ0v) is 17.9. The zero-order valence-electron chi connectivity index (χ0n) is 17.9. The molecule has 31 heavy (non-hydrogen) atoms. The number of aromatic nitrogens is 3. The predicted molar refractivity (Wildman–Crippen MR) is 124 cm³/mol. The van der Waals surface area contributed by atoms with Crippen molar-refractivity contribution in [2.24, 2.45) is 5.41 Å². The van der Waals surface area contributed by atoms with Crippen molar-refractivity contribution in [3.05, 3.63) is 60.4 Å². The summed E-state index contributed by atoms with van der Waals surface area (Å²) in [5.74, 6) is 0.901. The molecule has 162 valence electrons. The van der Waals surface area contributed by atoms with Crippen molar-refractivity contribution in [3.8, 4) is 0 Å². The number of benzene rings is 1. The number of anilines is 2. The molecule has 4 rings (SSSR count). The van der Waals surface area contributed by atoms with Crippen molar-refractivity contribution in [3.63, 3.8) is 0 Å². The second kappa shape index (κ2) is 8.17. The topological polar surface area (TPSA) is 123 Å². The highest BCUT2D eigenvalue weighted by Crippen LogP contribution is 2.37. The van der Waals surface area contributed by atoms with Gasteiger partial charge in [0.25, 0.3) is 0 Å². The summed E-state index contributed by atoms with van der Waals surface area (Å²) in [6.07, 6.45) is 3.47. The van der Waals surface area contributed by atoms with Gasteiger partial charge in [-0.2, -0.15) is 0 Å². The van der Waals surface area contributed by atoms with Gasteiger partial charge in [0.1, 0.15) is 17.7 Å². The molecule has 7 heteroatoms. The third kappa shape index (κ3) is 3.94. The summed E-state index contributed by atoms with van der Waals surface area (Å²) in [5.41, 5.74) is 14.0. The maximum Gasteiger partial charge on any atom is 0.157 e. The highest BCUT2D eigenvalue weighted by atomic mass is 16.3. The molecule has 0 amide bonds. The number of aliphatic hydroxyl groups excluding tert-OH is 2. The van der Waals surface area contributed by atoms with Gasteiger partial charge in [0.15, 0.2) is 6.23 Å². The number of hydrogen-bond acceptors (Lipinski definition) is 6.